The van der Waals surface area contributed by atoms with Crippen LogP contribution in [0.2, 0.25) is 0 Å². The first-order valence-electron chi connectivity index (χ1n) is 8.73. The van der Waals surface area contributed by atoms with Crippen molar-refractivity contribution in [3.63, 3.8) is 0 Å². The topological polar surface area (TPSA) is 80.2 Å². The summed E-state index contributed by atoms with van der Waals surface area (Å²) in [5.41, 5.74) is 2.71. The Labute approximate surface area is 165 Å². The molecule has 6 nitrogen and oxygen atoms in total. The number of imide groups is 1. The summed E-state index contributed by atoms with van der Waals surface area (Å²) >= 11 is 0.879. The first-order chi connectivity index (χ1) is 13.6. The molecule has 2 N–H and O–H groups in total. The van der Waals surface area contributed by atoms with E-state index in [9.17, 15) is 14.4 Å². The van der Waals surface area contributed by atoms with E-state index in [-0.39, 0.29) is 17.7 Å². The van der Waals surface area contributed by atoms with E-state index < -0.39 is 5.91 Å². The Morgan fingerprint density at radius 3 is 2.57 bits per heavy atom. The number of aromatic nitrogens is 1. The molecule has 1 aliphatic heterocycles. The highest BCUT2D eigenvalue weighted by atomic mass is 32.2. The minimum absolute atomic E-state index is 0.105. The summed E-state index contributed by atoms with van der Waals surface area (Å²) in [6.45, 7) is 0.628. The number of rotatable bonds is 5. The van der Waals surface area contributed by atoms with E-state index in [1.165, 1.54) is 0 Å². The smallest absolute Gasteiger partial charge is 0.290 e. The van der Waals surface area contributed by atoms with Gasteiger partial charge in [0, 0.05) is 29.2 Å². The normalized spacial score (nSPS) is 15.2. The number of thioether (sulfide) groups is 1. The number of benzene rings is 2. The second-order valence-electron chi connectivity index (χ2n) is 6.34. The maximum Gasteiger partial charge on any atom is 0.290 e. The molecular weight excluding hydrogens is 374 g/mol. The van der Waals surface area contributed by atoms with Crippen LogP contribution in [0.5, 0.6) is 0 Å². The standard InChI is InChI=1S/C21H17N3O3S/c25-19(22-11-14-6-2-1-3-7-14)13-24-12-15(16-8-4-5-9-17(16)24)10-18-20(26)23-21(27)28-18/h1-10,12H,11,13H2,(H,22,25)(H,23,26,27)/b18-10-. The molecule has 1 fully saturated rings. The first-order valence-corrected chi connectivity index (χ1v) is 9.55. The van der Waals surface area contributed by atoms with Crippen molar-refractivity contribution in [2.75, 3.05) is 0 Å². The van der Waals surface area contributed by atoms with E-state index in [0.717, 1.165) is 33.8 Å². The molecule has 0 unspecified atom stereocenters. The molecule has 1 saturated heterocycles. The van der Waals surface area contributed by atoms with E-state index in [0.29, 0.717) is 11.4 Å². The maximum atomic E-state index is 12.4. The van der Waals surface area contributed by atoms with Crippen LogP contribution >= 0.6 is 11.8 Å². The van der Waals surface area contributed by atoms with Crippen molar-refractivity contribution in [1.82, 2.24) is 15.2 Å². The summed E-state index contributed by atoms with van der Waals surface area (Å²) in [6, 6.07) is 17.4. The average Bonchev–Trinajstić information content (AvgIpc) is 3.20. The molecule has 0 saturated carbocycles. The zero-order chi connectivity index (χ0) is 19.5. The average molecular weight is 391 g/mol. The predicted octanol–water partition coefficient (Wildman–Crippen LogP) is 3.28. The zero-order valence-corrected chi connectivity index (χ0v) is 15.7. The van der Waals surface area contributed by atoms with Gasteiger partial charge >= 0.3 is 0 Å². The van der Waals surface area contributed by atoms with Crippen LogP contribution < -0.4 is 10.6 Å². The summed E-state index contributed by atoms with van der Waals surface area (Å²) in [5, 5.41) is 5.71. The fourth-order valence-electron chi connectivity index (χ4n) is 3.09. The first kappa shape index (κ1) is 18.1. The van der Waals surface area contributed by atoms with Crippen molar-refractivity contribution >= 4 is 45.8 Å². The predicted molar refractivity (Wildman–Crippen MR) is 109 cm³/mol. The molecule has 2 aromatic carbocycles. The van der Waals surface area contributed by atoms with Crippen LogP contribution in [0.15, 0.2) is 65.7 Å². The number of carbonyl (C=O) groups excluding carboxylic acids is 3. The lowest BCUT2D eigenvalue weighted by Crippen LogP contribution is -2.26. The lowest BCUT2D eigenvalue weighted by atomic mass is 10.1. The summed E-state index contributed by atoms with van der Waals surface area (Å²) in [4.78, 5) is 36.0. The van der Waals surface area contributed by atoms with Gasteiger partial charge in [0.2, 0.25) is 5.91 Å². The molecule has 28 heavy (non-hydrogen) atoms. The third-order valence-corrected chi connectivity index (χ3v) is 5.21. The minimum atomic E-state index is -0.396. The van der Waals surface area contributed by atoms with Gasteiger partial charge < -0.3 is 9.88 Å². The molecule has 4 rings (SSSR count). The molecule has 0 bridgehead atoms. The molecule has 3 amide bonds. The fourth-order valence-corrected chi connectivity index (χ4v) is 3.76. The summed E-state index contributed by atoms with van der Waals surface area (Å²) in [6.07, 6.45) is 3.52. The van der Waals surface area contributed by atoms with Crippen molar-refractivity contribution in [2.45, 2.75) is 13.1 Å². The molecule has 7 heteroatoms. The molecule has 3 aromatic rings. The van der Waals surface area contributed by atoms with E-state index >= 15 is 0 Å². The van der Waals surface area contributed by atoms with Gasteiger partial charge in [-0.25, -0.2) is 0 Å². The lowest BCUT2D eigenvalue weighted by molar-refractivity contribution is -0.121. The Bertz CT molecular complexity index is 1100. The second kappa shape index (κ2) is 7.74. The van der Waals surface area contributed by atoms with Gasteiger partial charge in [0.05, 0.1) is 4.91 Å². The van der Waals surface area contributed by atoms with Gasteiger partial charge in [-0.15, -0.1) is 0 Å². The molecule has 0 aliphatic carbocycles. The summed E-state index contributed by atoms with van der Waals surface area (Å²) in [5.74, 6) is -0.501. The van der Waals surface area contributed by atoms with Gasteiger partial charge in [-0.1, -0.05) is 48.5 Å². The van der Waals surface area contributed by atoms with Gasteiger partial charge in [0.15, 0.2) is 0 Å². The van der Waals surface area contributed by atoms with Gasteiger partial charge in [-0.2, -0.15) is 0 Å². The number of carbonyl (C=O) groups is 3. The van der Waals surface area contributed by atoms with Crippen LogP contribution in [0.25, 0.3) is 17.0 Å². The van der Waals surface area contributed by atoms with Gasteiger partial charge in [0.1, 0.15) is 6.54 Å². The van der Waals surface area contributed by atoms with Crippen LogP contribution in [0.3, 0.4) is 0 Å². The number of nitrogens with one attached hydrogen (secondary N) is 2. The molecule has 1 aromatic heterocycles. The van der Waals surface area contributed by atoms with Crippen molar-refractivity contribution in [3.05, 3.63) is 76.8 Å². The summed E-state index contributed by atoms with van der Waals surface area (Å²) < 4.78 is 1.85. The Morgan fingerprint density at radius 1 is 1.07 bits per heavy atom. The minimum Gasteiger partial charge on any atom is -0.350 e. The summed E-state index contributed by atoms with van der Waals surface area (Å²) in [7, 11) is 0. The largest absolute Gasteiger partial charge is 0.350 e. The monoisotopic (exact) mass is 391 g/mol. The Kier molecular flexibility index (Phi) is 4.99. The molecular formula is C21H17N3O3S. The number of hydrogen-bond acceptors (Lipinski definition) is 4. The third kappa shape index (κ3) is 3.84. The number of para-hydroxylation sites is 1. The number of hydrogen-bond donors (Lipinski definition) is 2. The van der Waals surface area contributed by atoms with E-state index in [4.69, 9.17) is 0 Å². The fraction of sp³-hybridized carbons (Fsp3) is 0.0952. The number of fused-ring (bicyclic) bond motifs is 1. The van der Waals surface area contributed by atoms with E-state index in [1.54, 1.807) is 6.08 Å². The molecule has 1 aliphatic rings. The van der Waals surface area contributed by atoms with Crippen LogP contribution in [-0.4, -0.2) is 21.6 Å². The second-order valence-corrected chi connectivity index (χ2v) is 7.36. The Morgan fingerprint density at radius 2 is 1.82 bits per heavy atom. The van der Waals surface area contributed by atoms with Crippen molar-refractivity contribution in [2.24, 2.45) is 0 Å². The van der Waals surface area contributed by atoms with E-state index in [2.05, 4.69) is 10.6 Å². The van der Waals surface area contributed by atoms with Crippen molar-refractivity contribution < 1.29 is 14.4 Å². The maximum absolute atomic E-state index is 12.4. The number of amides is 3. The molecule has 0 spiro atoms. The van der Waals surface area contributed by atoms with Crippen LogP contribution in [-0.2, 0) is 22.7 Å². The van der Waals surface area contributed by atoms with Crippen molar-refractivity contribution in [3.8, 4) is 0 Å². The van der Waals surface area contributed by atoms with E-state index in [1.807, 2.05) is 65.4 Å². The SMILES string of the molecule is O=C(Cn1cc(/C=C2\SC(=O)NC2=O)c2ccccc21)NCc1ccccc1. The number of nitrogens with zero attached hydrogens (tertiary/aromatic N) is 1. The third-order valence-electron chi connectivity index (χ3n) is 4.39. The Balaban J connectivity index is 1.56. The van der Waals surface area contributed by atoms with Gasteiger partial charge in [-0.3, -0.25) is 19.7 Å². The molecule has 2 heterocycles. The highest BCUT2D eigenvalue weighted by Crippen LogP contribution is 2.29. The van der Waals surface area contributed by atoms with Gasteiger partial charge in [-0.05, 0) is 29.5 Å². The molecule has 0 radical (unpaired) electrons. The van der Waals surface area contributed by atoms with Crippen LogP contribution in [0.1, 0.15) is 11.1 Å². The molecule has 140 valence electrons. The molecule has 0 atom stereocenters. The van der Waals surface area contributed by atoms with Crippen molar-refractivity contribution in [1.29, 1.82) is 0 Å². The van der Waals surface area contributed by atoms with Crippen LogP contribution in [0, 0.1) is 0 Å². The zero-order valence-electron chi connectivity index (χ0n) is 14.8. The quantitative estimate of drug-likeness (QED) is 0.654. The van der Waals surface area contributed by atoms with Gasteiger partial charge in [0.25, 0.3) is 11.1 Å². The highest BCUT2D eigenvalue weighted by molar-refractivity contribution is 8.18. The highest BCUT2D eigenvalue weighted by Gasteiger charge is 2.25. The Hall–Kier alpha value is -3.32. The van der Waals surface area contributed by atoms with Crippen LogP contribution in [0.4, 0.5) is 4.79 Å². The lowest BCUT2D eigenvalue weighted by Gasteiger charge is -2.07.